The lowest BCUT2D eigenvalue weighted by molar-refractivity contribution is 0.567. The molecule has 7 heteroatoms. The minimum atomic E-state index is -3.16. The van der Waals surface area contributed by atoms with Crippen molar-refractivity contribution in [3.05, 3.63) is 28.2 Å². The largest absolute Gasteiger partial charge is 0.369 e. The second-order valence-electron chi connectivity index (χ2n) is 4.42. The second-order valence-corrected chi connectivity index (χ2v) is 7.04. The molecule has 1 aliphatic heterocycles. The Balaban J connectivity index is 2.09. The van der Waals surface area contributed by atoms with E-state index in [0.717, 1.165) is 18.7 Å². The molecule has 2 rings (SSSR count). The zero-order valence-corrected chi connectivity index (χ0v) is 12.2. The molecule has 1 heterocycles. The van der Waals surface area contributed by atoms with E-state index in [2.05, 4.69) is 9.62 Å². The first kappa shape index (κ1) is 13.9. The standard InChI is InChI=1S/C11H14Cl2N2O2S/c1-18(16,17)14-9-4-5-15(7-9)11-3-2-8(12)6-10(11)13/h2-3,6,9,14H,4-5,7H2,1H3. The topological polar surface area (TPSA) is 49.4 Å². The van der Waals surface area contributed by atoms with Crippen LogP contribution in [0.1, 0.15) is 6.42 Å². The van der Waals surface area contributed by atoms with Gasteiger partial charge in [0.25, 0.3) is 0 Å². The average molecular weight is 309 g/mol. The summed E-state index contributed by atoms with van der Waals surface area (Å²) in [6.45, 7) is 1.39. The number of nitrogens with one attached hydrogen (secondary N) is 1. The lowest BCUT2D eigenvalue weighted by atomic mass is 10.3. The number of hydrogen-bond donors (Lipinski definition) is 1. The van der Waals surface area contributed by atoms with Gasteiger partial charge < -0.3 is 4.90 Å². The highest BCUT2D eigenvalue weighted by molar-refractivity contribution is 7.88. The van der Waals surface area contributed by atoms with Crippen LogP contribution in [-0.2, 0) is 10.0 Å². The van der Waals surface area contributed by atoms with E-state index in [1.165, 1.54) is 6.26 Å². The number of sulfonamides is 1. The molecule has 1 atom stereocenters. The first-order valence-corrected chi connectivity index (χ1v) is 8.17. The van der Waals surface area contributed by atoms with Gasteiger partial charge in [-0.05, 0) is 24.6 Å². The Morgan fingerprint density at radius 3 is 2.72 bits per heavy atom. The van der Waals surface area contributed by atoms with Crippen LogP contribution in [0.25, 0.3) is 0 Å². The summed E-state index contributed by atoms with van der Waals surface area (Å²) in [5, 5.41) is 1.18. The van der Waals surface area contributed by atoms with Crippen molar-refractivity contribution >= 4 is 38.9 Å². The number of benzene rings is 1. The van der Waals surface area contributed by atoms with Crippen LogP contribution in [0.4, 0.5) is 5.69 Å². The molecular formula is C11H14Cl2N2O2S. The average Bonchev–Trinajstić information content (AvgIpc) is 2.63. The van der Waals surface area contributed by atoms with Gasteiger partial charge in [-0.15, -0.1) is 0 Å². The third-order valence-corrected chi connectivity index (χ3v) is 4.12. The van der Waals surface area contributed by atoms with Crippen molar-refractivity contribution in [1.29, 1.82) is 0 Å². The highest BCUT2D eigenvalue weighted by atomic mass is 35.5. The second kappa shape index (κ2) is 5.25. The van der Waals surface area contributed by atoms with Crippen LogP contribution in [0.3, 0.4) is 0 Å². The summed E-state index contributed by atoms with van der Waals surface area (Å²) in [5.74, 6) is 0. The van der Waals surface area contributed by atoms with Gasteiger partial charge >= 0.3 is 0 Å². The number of rotatable bonds is 3. The van der Waals surface area contributed by atoms with Crippen LogP contribution in [0.5, 0.6) is 0 Å². The molecule has 18 heavy (non-hydrogen) atoms. The van der Waals surface area contributed by atoms with Crippen LogP contribution in [-0.4, -0.2) is 33.8 Å². The van der Waals surface area contributed by atoms with Gasteiger partial charge in [-0.1, -0.05) is 23.2 Å². The summed E-state index contributed by atoms with van der Waals surface area (Å²) in [6.07, 6.45) is 1.94. The molecule has 0 saturated carbocycles. The van der Waals surface area contributed by atoms with Crippen LogP contribution in [0.15, 0.2) is 18.2 Å². The van der Waals surface area contributed by atoms with E-state index in [-0.39, 0.29) is 6.04 Å². The quantitative estimate of drug-likeness (QED) is 0.930. The van der Waals surface area contributed by atoms with Gasteiger partial charge in [0.15, 0.2) is 0 Å². The summed E-state index contributed by atoms with van der Waals surface area (Å²) in [5.41, 5.74) is 0.888. The van der Waals surface area contributed by atoms with E-state index >= 15 is 0 Å². The third kappa shape index (κ3) is 3.51. The van der Waals surface area contributed by atoms with E-state index in [1.54, 1.807) is 12.1 Å². The molecule has 0 aromatic heterocycles. The van der Waals surface area contributed by atoms with Gasteiger partial charge in [-0.2, -0.15) is 0 Å². The molecule has 1 unspecified atom stereocenters. The summed E-state index contributed by atoms with van der Waals surface area (Å²) in [6, 6.07) is 5.26. The van der Waals surface area contributed by atoms with Gasteiger partial charge in [-0.3, -0.25) is 0 Å². The van der Waals surface area contributed by atoms with Crippen molar-refractivity contribution in [2.24, 2.45) is 0 Å². The predicted octanol–water partition coefficient (Wildman–Crippen LogP) is 2.12. The Bertz CT molecular complexity index is 548. The molecule has 0 radical (unpaired) electrons. The fourth-order valence-electron chi connectivity index (χ4n) is 2.12. The molecule has 1 aromatic carbocycles. The Morgan fingerprint density at radius 2 is 2.11 bits per heavy atom. The van der Waals surface area contributed by atoms with Crippen LogP contribution < -0.4 is 9.62 Å². The summed E-state index contributed by atoms with van der Waals surface area (Å²) in [4.78, 5) is 2.06. The molecule has 1 saturated heterocycles. The molecule has 0 amide bonds. The maximum absolute atomic E-state index is 11.2. The number of anilines is 1. The molecule has 1 aliphatic rings. The molecule has 1 fully saturated rings. The number of nitrogens with zero attached hydrogens (tertiary/aromatic N) is 1. The fraction of sp³-hybridized carbons (Fsp3) is 0.455. The maximum Gasteiger partial charge on any atom is 0.209 e. The van der Waals surface area contributed by atoms with Crippen LogP contribution >= 0.6 is 23.2 Å². The monoisotopic (exact) mass is 308 g/mol. The highest BCUT2D eigenvalue weighted by Crippen LogP contribution is 2.31. The van der Waals surface area contributed by atoms with Crippen LogP contribution in [0, 0.1) is 0 Å². The molecular weight excluding hydrogens is 295 g/mol. The summed E-state index contributed by atoms with van der Waals surface area (Å²) < 4.78 is 24.9. The molecule has 0 bridgehead atoms. The molecule has 4 nitrogen and oxygen atoms in total. The predicted molar refractivity (Wildman–Crippen MR) is 75.1 cm³/mol. The van der Waals surface area contributed by atoms with E-state index in [0.29, 0.717) is 16.6 Å². The third-order valence-electron chi connectivity index (χ3n) is 2.82. The van der Waals surface area contributed by atoms with Crippen molar-refractivity contribution in [3.8, 4) is 0 Å². The summed E-state index contributed by atoms with van der Waals surface area (Å²) >= 11 is 12.0. The van der Waals surface area contributed by atoms with Gasteiger partial charge in [0.05, 0.1) is 17.0 Å². The Morgan fingerprint density at radius 1 is 1.39 bits per heavy atom. The van der Waals surface area contributed by atoms with E-state index in [1.807, 2.05) is 6.07 Å². The molecule has 1 aromatic rings. The zero-order valence-electron chi connectivity index (χ0n) is 9.86. The maximum atomic E-state index is 11.2. The minimum Gasteiger partial charge on any atom is -0.369 e. The van der Waals surface area contributed by atoms with Gasteiger partial charge in [0.2, 0.25) is 10.0 Å². The first-order chi connectivity index (χ1) is 8.35. The van der Waals surface area contributed by atoms with Crippen molar-refractivity contribution in [3.63, 3.8) is 0 Å². The highest BCUT2D eigenvalue weighted by Gasteiger charge is 2.26. The minimum absolute atomic E-state index is 0.0632. The Labute approximate surface area is 117 Å². The fourth-order valence-corrected chi connectivity index (χ4v) is 3.44. The summed E-state index contributed by atoms with van der Waals surface area (Å²) in [7, 11) is -3.16. The van der Waals surface area contributed by atoms with E-state index in [9.17, 15) is 8.42 Å². The number of halogens is 2. The smallest absolute Gasteiger partial charge is 0.209 e. The molecule has 0 aliphatic carbocycles. The van der Waals surface area contributed by atoms with Crippen molar-refractivity contribution < 1.29 is 8.42 Å². The van der Waals surface area contributed by atoms with Gasteiger partial charge in [0, 0.05) is 24.2 Å². The normalized spacial score (nSPS) is 20.4. The SMILES string of the molecule is CS(=O)(=O)NC1CCN(c2ccc(Cl)cc2Cl)C1. The van der Waals surface area contributed by atoms with E-state index in [4.69, 9.17) is 23.2 Å². The van der Waals surface area contributed by atoms with Crippen LogP contribution in [0.2, 0.25) is 10.0 Å². The van der Waals surface area contributed by atoms with E-state index < -0.39 is 10.0 Å². The van der Waals surface area contributed by atoms with Gasteiger partial charge in [-0.25, -0.2) is 13.1 Å². The Kier molecular flexibility index (Phi) is 4.06. The molecule has 1 N–H and O–H groups in total. The lowest BCUT2D eigenvalue weighted by Crippen LogP contribution is -2.36. The molecule has 0 spiro atoms. The molecule has 100 valence electrons. The van der Waals surface area contributed by atoms with Gasteiger partial charge in [0.1, 0.15) is 0 Å². The zero-order chi connectivity index (χ0) is 13.3. The Hall–Kier alpha value is -0.490. The van der Waals surface area contributed by atoms with Crippen molar-refractivity contribution in [2.75, 3.05) is 24.2 Å². The van der Waals surface area contributed by atoms with Crippen molar-refractivity contribution in [2.45, 2.75) is 12.5 Å². The lowest BCUT2D eigenvalue weighted by Gasteiger charge is -2.20. The number of hydrogen-bond acceptors (Lipinski definition) is 3. The van der Waals surface area contributed by atoms with Crippen molar-refractivity contribution in [1.82, 2.24) is 4.72 Å². The first-order valence-electron chi connectivity index (χ1n) is 5.52.